The molecule has 2 aliphatic carbocycles. The third kappa shape index (κ3) is 8.68. The van der Waals surface area contributed by atoms with E-state index in [1.54, 1.807) is 0 Å². The highest BCUT2D eigenvalue weighted by molar-refractivity contribution is 6.26. The van der Waals surface area contributed by atoms with Crippen LogP contribution in [-0.2, 0) is 9.47 Å². The fourth-order valence-corrected chi connectivity index (χ4v) is 8.71. The molecule has 0 saturated heterocycles. The average Bonchev–Trinajstić information content (AvgIpc) is 4.21. The van der Waals surface area contributed by atoms with Gasteiger partial charge in [0.1, 0.15) is 11.6 Å². The van der Waals surface area contributed by atoms with Gasteiger partial charge in [-0.05, 0) is 108 Å². The average molecular weight is 869 g/mol. The summed E-state index contributed by atoms with van der Waals surface area (Å²) in [4.78, 5) is 33.1. The molecule has 66 heavy (non-hydrogen) atoms. The number of carbonyl (C=O) groups is 2. The molecule has 6 aromatic carbocycles. The molecule has 10 nitrogen and oxygen atoms in total. The van der Waals surface area contributed by atoms with Gasteiger partial charge in [-0.3, -0.25) is 0 Å². The van der Waals surface area contributed by atoms with Crippen LogP contribution in [0.5, 0.6) is 0 Å². The number of hydrogen-bond donors (Lipinski definition) is 2. The van der Waals surface area contributed by atoms with Crippen LogP contribution in [0.2, 0.25) is 0 Å². The fraction of sp³-hybridized carbons (Fsp3) is 0.143. The van der Waals surface area contributed by atoms with E-state index in [9.17, 15) is 9.59 Å². The van der Waals surface area contributed by atoms with E-state index in [4.69, 9.17) is 19.7 Å². The number of nitrogens with one attached hydrogen (secondary N) is 2. The first kappa shape index (κ1) is 41.8. The number of benzene rings is 6. The minimum atomic E-state index is -0.330. The molecule has 326 valence electrons. The Morgan fingerprint density at radius 2 is 0.773 bits per heavy atom. The molecule has 10 heteroatoms. The highest BCUT2D eigenvalue weighted by Crippen LogP contribution is 2.41. The van der Waals surface area contributed by atoms with Crippen molar-refractivity contribution in [3.05, 3.63) is 216 Å². The lowest BCUT2D eigenvalue weighted by molar-refractivity contribution is 0.0484. The quantitative estimate of drug-likeness (QED) is 0.0535. The van der Waals surface area contributed by atoms with Crippen LogP contribution in [0.25, 0.3) is 22.3 Å². The van der Waals surface area contributed by atoms with Gasteiger partial charge in [-0.15, -0.1) is 0 Å². The van der Waals surface area contributed by atoms with Crippen molar-refractivity contribution >= 4 is 46.4 Å². The van der Waals surface area contributed by atoms with Crippen LogP contribution in [-0.4, -0.2) is 46.5 Å². The number of fused-ring (bicyclic) bond motifs is 6. The Kier molecular flexibility index (Phi) is 12.2. The second kappa shape index (κ2) is 19.2. The van der Waals surface area contributed by atoms with Crippen molar-refractivity contribution in [1.29, 1.82) is 0 Å². The zero-order chi connectivity index (χ0) is 44.7. The van der Waals surface area contributed by atoms with Crippen molar-refractivity contribution in [3.63, 3.8) is 0 Å². The lowest BCUT2D eigenvalue weighted by Gasteiger charge is -2.19. The summed E-state index contributed by atoms with van der Waals surface area (Å²) >= 11 is 0. The molecule has 0 amide bonds. The number of unbranched alkanes of at least 4 members (excludes halogenated alkanes) is 5. The summed E-state index contributed by atoms with van der Waals surface area (Å²) in [6.07, 6.45) is 9.23. The largest absolute Gasteiger partial charge is 0.462 e. The molecular formula is C56H48N6O4. The first-order valence-corrected chi connectivity index (χ1v) is 22.6. The molecule has 0 fully saturated rings. The van der Waals surface area contributed by atoms with E-state index in [0.717, 1.165) is 117 Å². The van der Waals surface area contributed by atoms with E-state index in [1.165, 1.54) is 0 Å². The number of rotatable bonds is 17. The number of nitrogens with zero attached hydrogens (tertiary/aromatic N) is 4. The normalized spacial score (nSPS) is 13.2. The van der Waals surface area contributed by atoms with Gasteiger partial charge in [0.2, 0.25) is 0 Å². The van der Waals surface area contributed by atoms with Crippen LogP contribution in [0, 0.1) is 0 Å². The summed E-state index contributed by atoms with van der Waals surface area (Å²) in [6, 6.07) is 55.8. The monoisotopic (exact) mass is 868 g/mol. The van der Waals surface area contributed by atoms with Crippen molar-refractivity contribution in [2.75, 3.05) is 23.2 Å². The number of esters is 2. The molecule has 0 aliphatic heterocycles. The summed E-state index contributed by atoms with van der Waals surface area (Å²) in [6.45, 7) is 0.714. The van der Waals surface area contributed by atoms with Gasteiger partial charge < -0.3 is 19.4 Å². The molecule has 0 atom stereocenters. The van der Waals surface area contributed by atoms with E-state index in [0.29, 0.717) is 24.3 Å². The van der Waals surface area contributed by atoms with Crippen LogP contribution < -0.4 is 10.0 Å². The first-order chi connectivity index (χ1) is 32.6. The zero-order valence-electron chi connectivity index (χ0n) is 36.4. The number of carbonyl (C=O) groups excluding carboxylic acids is 2. The van der Waals surface area contributed by atoms with Crippen LogP contribution in [0.15, 0.2) is 192 Å². The molecule has 0 radical (unpaired) electrons. The molecule has 8 aromatic rings. The Bertz CT molecular complexity index is 2830. The van der Waals surface area contributed by atoms with Crippen LogP contribution in [0.1, 0.15) is 81.5 Å². The molecule has 0 spiro atoms. The number of aromatic nitrogens is 2. The number of hydrogen-bond acceptors (Lipinski definition) is 8. The molecular weight excluding hydrogens is 821 g/mol. The van der Waals surface area contributed by atoms with E-state index in [-0.39, 0.29) is 11.9 Å². The van der Waals surface area contributed by atoms with Gasteiger partial charge in [0.05, 0.1) is 47.1 Å². The maximum absolute atomic E-state index is 13.3. The van der Waals surface area contributed by atoms with Gasteiger partial charge in [-0.2, -0.15) is 10.2 Å². The van der Waals surface area contributed by atoms with Crippen molar-refractivity contribution in [3.8, 4) is 22.3 Å². The number of ether oxygens (including phenoxy) is 2. The summed E-state index contributed by atoms with van der Waals surface area (Å²) in [7, 11) is 0. The molecule has 0 unspecified atom stereocenters. The Hall–Kier alpha value is -8.24. The summed E-state index contributed by atoms with van der Waals surface area (Å²) < 4.78 is 11.5. The second-order valence-corrected chi connectivity index (χ2v) is 16.3. The van der Waals surface area contributed by atoms with E-state index >= 15 is 0 Å². The Labute approximate surface area is 383 Å². The molecule has 10 rings (SSSR count). The summed E-state index contributed by atoms with van der Waals surface area (Å²) in [5, 5.41) is 14.2. The second-order valence-electron chi connectivity index (χ2n) is 16.3. The van der Waals surface area contributed by atoms with Crippen LogP contribution in [0.4, 0.5) is 23.0 Å². The van der Waals surface area contributed by atoms with Crippen LogP contribution in [0.3, 0.4) is 0 Å². The number of anilines is 4. The van der Waals surface area contributed by atoms with Crippen molar-refractivity contribution in [2.24, 2.45) is 10.2 Å². The van der Waals surface area contributed by atoms with E-state index in [1.807, 2.05) is 168 Å². The molecule has 2 heterocycles. The maximum atomic E-state index is 13.3. The maximum Gasteiger partial charge on any atom is 0.338 e. The number of para-hydroxylation sites is 2. The Morgan fingerprint density at radius 3 is 1.18 bits per heavy atom. The first-order valence-electron chi connectivity index (χ1n) is 22.6. The molecule has 2 aromatic heterocycles. The topological polar surface area (TPSA) is 115 Å². The van der Waals surface area contributed by atoms with Gasteiger partial charge in [0.25, 0.3) is 0 Å². The van der Waals surface area contributed by atoms with Crippen molar-refractivity contribution in [1.82, 2.24) is 9.97 Å². The molecule has 2 N–H and O–H groups in total. The van der Waals surface area contributed by atoms with Gasteiger partial charge in [-0.25, -0.2) is 19.6 Å². The lowest BCUT2D eigenvalue weighted by atomic mass is 10.0. The molecule has 2 aliphatic rings. The summed E-state index contributed by atoms with van der Waals surface area (Å²) in [5.74, 6) is 1.04. The molecule has 0 saturated carbocycles. The van der Waals surface area contributed by atoms with Gasteiger partial charge in [-0.1, -0.05) is 123 Å². The predicted octanol–water partition coefficient (Wildman–Crippen LogP) is 12.8. The minimum Gasteiger partial charge on any atom is -0.462 e. The Balaban J connectivity index is 0.692. The third-order valence-corrected chi connectivity index (χ3v) is 12.0. The minimum absolute atomic E-state index is 0.330. The smallest absolute Gasteiger partial charge is 0.338 e. The predicted molar refractivity (Wildman–Crippen MR) is 262 cm³/mol. The summed E-state index contributed by atoms with van der Waals surface area (Å²) in [5.41, 5.74) is 12.5. The van der Waals surface area contributed by atoms with Gasteiger partial charge in [0, 0.05) is 34.6 Å². The van der Waals surface area contributed by atoms with Gasteiger partial charge in [0.15, 0.2) is 0 Å². The highest BCUT2D eigenvalue weighted by atomic mass is 16.5. The van der Waals surface area contributed by atoms with Crippen molar-refractivity contribution < 1.29 is 19.1 Å². The molecule has 0 bridgehead atoms. The third-order valence-electron chi connectivity index (χ3n) is 12.0. The number of hydrazone groups is 2. The van der Waals surface area contributed by atoms with Crippen LogP contribution >= 0.6 is 0 Å². The zero-order valence-corrected chi connectivity index (χ0v) is 36.4. The Morgan fingerprint density at radius 1 is 0.394 bits per heavy atom. The van der Waals surface area contributed by atoms with E-state index < -0.39 is 0 Å². The SMILES string of the molecule is O=C(OCCCCCCCCOC(=O)c1ccc2c(c1)-c1ccccc1C2=NN(c1ccccc1)c1ccc[nH]1)c1ccc2c(c1)-c1ccccc1C2=NN(c1ccccc1)c1ccc[nH]1. The standard InChI is InChI=1S/C56H48N6O4/c63-55(39-29-31-47-49(37-39)43-23-11-13-25-45(43)53(47)59-61(51-27-17-33-57-51)41-19-7-5-8-20-41)65-35-15-3-1-2-4-16-36-66-56(64)40-30-32-48-50(38-40)44-24-12-14-26-46(44)54(48)60-62(52-28-18-34-58-52)42-21-9-6-10-22-42/h5-14,17-34,37-38,57-58H,1-4,15-16,35-36H2. The van der Waals surface area contributed by atoms with Gasteiger partial charge >= 0.3 is 11.9 Å². The fourth-order valence-electron chi connectivity index (χ4n) is 8.71. The van der Waals surface area contributed by atoms with E-state index in [2.05, 4.69) is 34.2 Å². The van der Waals surface area contributed by atoms with Crippen molar-refractivity contribution in [2.45, 2.75) is 38.5 Å². The number of aromatic amines is 2. The lowest BCUT2D eigenvalue weighted by Crippen LogP contribution is -2.14. The number of H-pyrrole nitrogens is 2. The highest BCUT2D eigenvalue weighted by Gasteiger charge is 2.29.